The average molecular weight is 405 g/mol. The van der Waals surface area contributed by atoms with Crippen LogP contribution in [0.1, 0.15) is 37.7 Å². The van der Waals surface area contributed by atoms with Crippen LogP contribution in [0.5, 0.6) is 0 Å². The number of amides is 1. The molecule has 1 fully saturated rings. The zero-order valence-electron chi connectivity index (χ0n) is 16.2. The lowest BCUT2D eigenvalue weighted by Crippen LogP contribution is -2.48. The van der Waals surface area contributed by atoms with Crippen LogP contribution in [0.3, 0.4) is 0 Å². The third-order valence-electron chi connectivity index (χ3n) is 6.18. The summed E-state index contributed by atoms with van der Waals surface area (Å²) < 4.78 is 0. The fourth-order valence-electron chi connectivity index (χ4n) is 4.84. The molecule has 0 bridgehead atoms. The number of hydrogen-bond acceptors (Lipinski definition) is 5. The number of nitriles is 1. The molecule has 1 spiro atoms. The highest BCUT2D eigenvalue weighted by Gasteiger charge is 2.51. The topological polar surface area (TPSA) is 105 Å². The van der Waals surface area contributed by atoms with Gasteiger partial charge in [-0.1, -0.05) is 61.7 Å². The maximum atomic E-state index is 12.6. The van der Waals surface area contributed by atoms with Crippen LogP contribution in [0.25, 0.3) is 10.8 Å². The zero-order chi connectivity index (χ0) is 20.4. The third-order valence-corrected chi connectivity index (χ3v) is 7.26. The molecule has 1 amide bonds. The molecule has 2 aromatic rings. The summed E-state index contributed by atoms with van der Waals surface area (Å²) in [5.74, 6) is -0.108. The second-order valence-electron chi connectivity index (χ2n) is 7.80. The fourth-order valence-corrected chi connectivity index (χ4v) is 6.07. The van der Waals surface area contributed by atoms with Gasteiger partial charge < -0.3 is 11.5 Å². The van der Waals surface area contributed by atoms with E-state index < -0.39 is 17.2 Å². The number of allylic oxidation sites excluding steroid dienone is 1. The number of rotatable bonds is 3. The minimum absolute atomic E-state index is 0.243. The Hall–Kier alpha value is -2.78. The van der Waals surface area contributed by atoms with Crippen molar-refractivity contribution < 1.29 is 4.79 Å². The van der Waals surface area contributed by atoms with Gasteiger partial charge in [-0.3, -0.25) is 4.79 Å². The summed E-state index contributed by atoms with van der Waals surface area (Å²) in [5, 5.41) is 12.8. The summed E-state index contributed by atoms with van der Waals surface area (Å²) in [5.41, 5.74) is 13.1. The Morgan fingerprint density at radius 1 is 1.17 bits per heavy atom. The maximum absolute atomic E-state index is 12.6. The standard InChI is InChI=1S/C23H24N4OS/c24-13-18-20(25)27-22(19(21(26)28)23(18)11-4-1-5-12-23)29-14-16-9-6-8-15-7-2-3-10-17(15)16/h2-3,6-10,19H,1,4-5,11-12,14,25H2,(H2,26,28)/t19-/m0/s1. The van der Waals surface area contributed by atoms with Crippen LogP contribution in [0.4, 0.5) is 0 Å². The SMILES string of the molecule is N#CC1=C(N)N=C(SCc2cccc3ccccc23)[C@H](C(N)=O)C12CCCCC2. The van der Waals surface area contributed by atoms with Crippen molar-refractivity contribution in [2.75, 3.05) is 0 Å². The van der Waals surface area contributed by atoms with Gasteiger partial charge in [0.15, 0.2) is 0 Å². The Morgan fingerprint density at radius 2 is 1.90 bits per heavy atom. The van der Waals surface area contributed by atoms with Crippen molar-refractivity contribution in [3.63, 3.8) is 0 Å². The minimum atomic E-state index is -0.605. The van der Waals surface area contributed by atoms with Crippen LogP contribution in [0, 0.1) is 22.7 Å². The molecule has 148 valence electrons. The summed E-state index contributed by atoms with van der Waals surface area (Å²) in [4.78, 5) is 17.1. The van der Waals surface area contributed by atoms with Gasteiger partial charge in [0.25, 0.3) is 0 Å². The third kappa shape index (κ3) is 3.40. The average Bonchev–Trinajstić information content (AvgIpc) is 2.72. The van der Waals surface area contributed by atoms with E-state index in [0.29, 0.717) is 16.4 Å². The summed E-state index contributed by atoms with van der Waals surface area (Å²) in [6, 6.07) is 16.7. The normalized spacial score (nSPS) is 21.1. The van der Waals surface area contributed by atoms with Crippen molar-refractivity contribution in [1.29, 1.82) is 5.26 Å². The molecule has 0 radical (unpaired) electrons. The Labute approximate surface area is 174 Å². The lowest BCUT2D eigenvalue weighted by Gasteiger charge is -2.44. The molecule has 5 nitrogen and oxygen atoms in total. The van der Waals surface area contributed by atoms with E-state index in [1.165, 1.54) is 28.1 Å². The van der Waals surface area contributed by atoms with Crippen LogP contribution >= 0.6 is 11.8 Å². The van der Waals surface area contributed by atoms with Crippen molar-refractivity contribution in [3.8, 4) is 6.07 Å². The van der Waals surface area contributed by atoms with Crippen molar-refractivity contribution in [2.24, 2.45) is 27.8 Å². The molecular weight excluding hydrogens is 380 g/mol. The first kappa shape index (κ1) is 19.5. The van der Waals surface area contributed by atoms with Gasteiger partial charge in [-0.05, 0) is 29.2 Å². The molecule has 4 N–H and O–H groups in total. The molecule has 1 atom stereocenters. The first-order valence-corrected chi connectivity index (χ1v) is 10.9. The number of carbonyl (C=O) groups excluding carboxylic acids is 1. The summed E-state index contributed by atoms with van der Waals surface area (Å²) in [7, 11) is 0. The molecule has 4 rings (SSSR count). The number of carbonyl (C=O) groups is 1. The van der Waals surface area contributed by atoms with Gasteiger partial charge in [-0.15, -0.1) is 11.8 Å². The van der Waals surface area contributed by atoms with Crippen LogP contribution in [0.15, 0.2) is 58.9 Å². The predicted molar refractivity (Wildman–Crippen MR) is 118 cm³/mol. The lowest BCUT2D eigenvalue weighted by molar-refractivity contribution is -0.123. The zero-order valence-corrected chi connectivity index (χ0v) is 17.0. The highest BCUT2D eigenvalue weighted by Crippen LogP contribution is 2.52. The number of hydrogen-bond donors (Lipinski definition) is 2. The number of thioether (sulfide) groups is 1. The van der Waals surface area contributed by atoms with Crippen LogP contribution < -0.4 is 11.5 Å². The number of nitrogens with two attached hydrogens (primary N) is 2. The number of nitrogens with zero attached hydrogens (tertiary/aromatic N) is 2. The smallest absolute Gasteiger partial charge is 0.228 e. The molecular formula is C23H24N4OS. The Kier molecular flexibility index (Phi) is 5.33. The molecule has 0 aromatic heterocycles. The molecule has 0 saturated heterocycles. The molecule has 1 saturated carbocycles. The summed E-state index contributed by atoms with van der Waals surface area (Å²) >= 11 is 1.51. The van der Waals surface area contributed by atoms with Crippen molar-refractivity contribution in [2.45, 2.75) is 37.9 Å². The van der Waals surface area contributed by atoms with Gasteiger partial charge in [0, 0.05) is 11.2 Å². The van der Waals surface area contributed by atoms with Gasteiger partial charge in [0.05, 0.1) is 22.6 Å². The van der Waals surface area contributed by atoms with Gasteiger partial charge in [-0.2, -0.15) is 5.26 Å². The van der Waals surface area contributed by atoms with Crippen molar-refractivity contribution >= 4 is 33.5 Å². The maximum Gasteiger partial charge on any atom is 0.228 e. The van der Waals surface area contributed by atoms with Gasteiger partial charge in [0.2, 0.25) is 5.91 Å². The molecule has 29 heavy (non-hydrogen) atoms. The first-order chi connectivity index (χ1) is 14.1. The number of aliphatic imine (C=N–C) groups is 1. The van der Waals surface area contributed by atoms with Gasteiger partial charge >= 0.3 is 0 Å². The van der Waals surface area contributed by atoms with E-state index in [2.05, 4.69) is 35.3 Å². The molecule has 1 aliphatic carbocycles. The van der Waals surface area contributed by atoms with E-state index >= 15 is 0 Å². The number of benzene rings is 2. The molecule has 6 heteroatoms. The quantitative estimate of drug-likeness (QED) is 0.798. The molecule has 1 heterocycles. The van der Waals surface area contributed by atoms with Gasteiger partial charge in [-0.25, -0.2) is 4.99 Å². The molecule has 2 aliphatic rings. The van der Waals surface area contributed by atoms with Crippen LogP contribution in [-0.2, 0) is 10.5 Å². The first-order valence-electron chi connectivity index (χ1n) is 9.94. The monoisotopic (exact) mass is 404 g/mol. The van der Waals surface area contributed by atoms with E-state index in [9.17, 15) is 10.1 Å². The second kappa shape index (κ2) is 7.92. The largest absolute Gasteiger partial charge is 0.383 e. The summed E-state index contributed by atoms with van der Waals surface area (Å²) in [6.07, 6.45) is 4.52. The van der Waals surface area contributed by atoms with E-state index in [1.54, 1.807) is 0 Å². The van der Waals surface area contributed by atoms with E-state index in [4.69, 9.17) is 11.5 Å². The van der Waals surface area contributed by atoms with Crippen molar-refractivity contribution in [3.05, 3.63) is 59.4 Å². The van der Waals surface area contributed by atoms with Crippen LogP contribution in [-0.4, -0.2) is 11.0 Å². The molecule has 2 aromatic carbocycles. The van der Waals surface area contributed by atoms with E-state index in [1.807, 2.05) is 18.2 Å². The highest BCUT2D eigenvalue weighted by molar-refractivity contribution is 8.13. The second-order valence-corrected chi connectivity index (χ2v) is 8.80. The van der Waals surface area contributed by atoms with Gasteiger partial charge in [0.1, 0.15) is 5.82 Å². The minimum Gasteiger partial charge on any atom is -0.383 e. The van der Waals surface area contributed by atoms with Crippen molar-refractivity contribution in [1.82, 2.24) is 0 Å². The summed E-state index contributed by atoms with van der Waals surface area (Å²) in [6.45, 7) is 0. The molecule has 1 aliphatic heterocycles. The lowest BCUT2D eigenvalue weighted by atomic mass is 9.61. The van der Waals surface area contributed by atoms with E-state index in [0.717, 1.165) is 32.1 Å². The Bertz CT molecular complexity index is 1050. The Balaban J connectivity index is 1.71. The predicted octanol–water partition coefficient (Wildman–Crippen LogP) is 4.23. The highest BCUT2D eigenvalue weighted by atomic mass is 32.2. The Morgan fingerprint density at radius 3 is 2.62 bits per heavy atom. The number of primary amides is 1. The van der Waals surface area contributed by atoms with E-state index in [-0.39, 0.29) is 5.82 Å². The molecule has 0 unspecified atom stereocenters. The number of fused-ring (bicyclic) bond motifs is 1. The van der Waals surface area contributed by atoms with Crippen LogP contribution in [0.2, 0.25) is 0 Å². The fraction of sp³-hybridized carbons (Fsp3) is 0.348.